The molecule has 6 nitrogen and oxygen atoms in total. The first-order valence-electron chi connectivity index (χ1n) is 10.1. The number of carbonyl (C=O) groups is 2. The molecule has 0 aliphatic carbocycles. The highest BCUT2D eigenvalue weighted by Crippen LogP contribution is 2.31. The molecular weight excluding hydrogens is 344 g/mol. The van der Waals surface area contributed by atoms with Crippen LogP contribution in [0.1, 0.15) is 36.8 Å². The van der Waals surface area contributed by atoms with Crippen molar-refractivity contribution in [1.82, 2.24) is 4.90 Å². The summed E-state index contributed by atoms with van der Waals surface area (Å²) in [6.45, 7) is 3.96. The van der Waals surface area contributed by atoms with Crippen molar-refractivity contribution in [1.29, 1.82) is 0 Å². The molecule has 0 aromatic heterocycles. The monoisotopic (exact) mass is 372 g/mol. The Bertz CT molecular complexity index is 714. The second kappa shape index (κ2) is 7.98. The van der Waals surface area contributed by atoms with E-state index in [-0.39, 0.29) is 17.9 Å². The lowest BCUT2D eigenvalue weighted by Gasteiger charge is -2.30. The van der Waals surface area contributed by atoms with Crippen molar-refractivity contribution in [3.63, 3.8) is 0 Å². The molecule has 2 atom stereocenters. The van der Waals surface area contributed by atoms with Gasteiger partial charge in [-0.3, -0.25) is 9.59 Å². The zero-order chi connectivity index (χ0) is 18.8. The van der Waals surface area contributed by atoms with E-state index in [4.69, 9.17) is 4.74 Å². The fourth-order valence-electron chi connectivity index (χ4n) is 4.53. The number of fused-ring (bicyclic) bond motifs is 1. The van der Waals surface area contributed by atoms with Gasteiger partial charge in [0, 0.05) is 31.9 Å². The molecule has 6 heteroatoms. The highest BCUT2D eigenvalue weighted by Gasteiger charge is 2.32. The molecule has 27 heavy (non-hydrogen) atoms. The summed E-state index contributed by atoms with van der Waals surface area (Å²) in [5.41, 5.74) is 3.53. The number of benzene rings is 1. The third kappa shape index (κ3) is 4.01. The number of hydrogen-bond acceptors (Lipinski definition) is 4. The quantitative estimate of drug-likeness (QED) is 0.857. The van der Waals surface area contributed by atoms with Crippen molar-refractivity contribution in [2.24, 2.45) is 5.92 Å². The van der Waals surface area contributed by atoms with Gasteiger partial charge < -0.3 is 19.6 Å². The van der Waals surface area contributed by atoms with Gasteiger partial charge in [0.15, 0.2) is 0 Å². The number of carboxylic acid groups (broad SMARTS) is 1. The molecule has 0 bridgehead atoms. The average molecular weight is 372 g/mol. The number of piperidine rings is 1. The lowest BCUT2D eigenvalue weighted by Crippen LogP contribution is -2.39. The van der Waals surface area contributed by atoms with Crippen LogP contribution in [0.4, 0.5) is 5.69 Å². The van der Waals surface area contributed by atoms with E-state index in [9.17, 15) is 14.7 Å². The molecule has 2 fully saturated rings. The molecule has 3 aliphatic rings. The number of anilines is 1. The Morgan fingerprint density at radius 3 is 2.85 bits per heavy atom. The minimum atomic E-state index is -0.673. The summed E-state index contributed by atoms with van der Waals surface area (Å²) < 4.78 is 5.56. The van der Waals surface area contributed by atoms with Crippen LogP contribution in [0.2, 0.25) is 0 Å². The Hall–Kier alpha value is -1.92. The summed E-state index contributed by atoms with van der Waals surface area (Å²) in [4.78, 5) is 28.0. The standard InChI is InChI=1S/C21H28N2O4/c24-20(19-4-2-12-27-19)23-11-8-16-13-15(5-6-18(16)23)7-10-22-9-1-3-17(14-22)21(25)26/h5-6,13,17,19H,1-4,7-12,14H2,(H,25,26). The van der Waals surface area contributed by atoms with E-state index in [0.717, 1.165) is 63.8 Å². The van der Waals surface area contributed by atoms with Gasteiger partial charge in [0.05, 0.1) is 5.92 Å². The molecule has 146 valence electrons. The van der Waals surface area contributed by atoms with Gasteiger partial charge in [0.25, 0.3) is 5.91 Å². The Morgan fingerprint density at radius 1 is 1.19 bits per heavy atom. The smallest absolute Gasteiger partial charge is 0.307 e. The number of carboxylic acids is 1. The van der Waals surface area contributed by atoms with Gasteiger partial charge in [-0.25, -0.2) is 0 Å². The second-order valence-corrected chi connectivity index (χ2v) is 7.93. The van der Waals surface area contributed by atoms with Crippen LogP contribution >= 0.6 is 0 Å². The van der Waals surface area contributed by atoms with Gasteiger partial charge in [-0.1, -0.05) is 12.1 Å². The summed E-state index contributed by atoms with van der Waals surface area (Å²) in [6, 6.07) is 6.40. The number of amides is 1. The van der Waals surface area contributed by atoms with E-state index >= 15 is 0 Å². The molecule has 1 aromatic carbocycles. The normalized spacial score (nSPS) is 25.6. The van der Waals surface area contributed by atoms with Crippen molar-refractivity contribution < 1.29 is 19.4 Å². The van der Waals surface area contributed by atoms with Crippen LogP contribution in [-0.4, -0.2) is 60.8 Å². The molecule has 1 N–H and O–H groups in total. The van der Waals surface area contributed by atoms with E-state index < -0.39 is 5.97 Å². The lowest BCUT2D eigenvalue weighted by atomic mass is 9.97. The molecule has 3 heterocycles. The number of likely N-dealkylation sites (tertiary alicyclic amines) is 1. The van der Waals surface area contributed by atoms with Crippen molar-refractivity contribution in [2.45, 2.75) is 44.6 Å². The van der Waals surface area contributed by atoms with Gasteiger partial charge in [-0.2, -0.15) is 0 Å². The van der Waals surface area contributed by atoms with Crippen LogP contribution in [0.5, 0.6) is 0 Å². The third-order valence-electron chi connectivity index (χ3n) is 6.08. The molecule has 0 spiro atoms. The molecule has 4 rings (SSSR count). The van der Waals surface area contributed by atoms with Crippen molar-refractivity contribution >= 4 is 17.6 Å². The Balaban J connectivity index is 1.36. The minimum absolute atomic E-state index is 0.104. The van der Waals surface area contributed by atoms with Crippen LogP contribution < -0.4 is 4.90 Å². The van der Waals surface area contributed by atoms with Crippen molar-refractivity contribution in [3.8, 4) is 0 Å². The van der Waals surface area contributed by atoms with E-state index in [1.165, 1.54) is 11.1 Å². The topological polar surface area (TPSA) is 70.1 Å². The van der Waals surface area contributed by atoms with Crippen LogP contribution in [0, 0.1) is 5.92 Å². The van der Waals surface area contributed by atoms with Crippen molar-refractivity contribution in [2.75, 3.05) is 37.7 Å². The first-order chi connectivity index (χ1) is 13.1. The van der Waals surface area contributed by atoms with Crippen molar-refractivity contribution in [3.05, 3.63) is 29.3 Å². The first kappa shape index (κ1) is 18.4. The van der Waals surface area contributed by atoms with Gasteiger partial charge >= 0.3 is 5.97 Å². The fraction of sp³-hybridized carbons (Fsp3) is 0.619. The highest BCUT2D eigenvalue weighted by molar-refractivity contribution is 5.98. The number of aliphatic carboxylic acids is 1. The van der Waals surface area contributed by atoms with Crippen LogP contribution in [0.15, 0.2) is 18.2 Å². The molecule has 3 aliphatic heterocycles. The summed E-state index contributed by atoms with van der Waals surface area (Å²) in [6.07, 6.45) is 5.09. The van der Waals surface area contributed by atoms with Crippen LogP contribution in [-0.2, 0) is 27.2 Å². The highest BCUT2D eigenvalue weighted by atomic mass is 16.5. The van der Waals surface area contributed by atoms with Gasteiger partial charge in [0.1, 0.15) is 6.10 Å². The number of ether oxygens (including phenoxy) is 1. The summed E-state index contributed by atoms with van der Waals surface area (Å²) in [5.74, 6) is -0.795. The largest absolute Gasteiger partial charge is 0.481 e. The Kier molecular flexibility index (Phi) is 5.45. The number of hydrogen-bond donors (Lipinski definition) is 1. The number of rotatable bonds is 5. The third-order valence-corrected chi connectivity index (χ3v) is 6.08. The maximum Gasteiger partial charge on any atom is 0.307 e. The Morgan fingerprint density at radius 2 is 2.07 bits per heavy atom. The van der Waals surface area contributed by atoms with E-state index in [0.29, 0.717) is 13.2 Å². The van der Waals surface area contributed by atoms with Gasteiger partial charge in [0.2, 0.25) is 0 Å². The molecule has 2 unspecified atom stereocenters. The molecule has 0 saturated carbocycles. The Labute approximate surface area is 160 Å². The van der Waals surface area contributed by atoms with Crippen LogP contribution in [0.25, 0.3) is 0 Å². The summed E-state index contributed by atoms with van der Waals surface area (Å²) >= 11 is 0. The zero-order valence-electron chi connectivity index (χ0n) is 15.7. The maximum absolute atomic E-state index is 12.7. The van der Waals surface area contributed by atoms with E-state index in [1.54, 1.807) is 0 Å². The zero-order valence-corrected chi connectivity index (χ0v) is 15.7. The van der Waals surface area contributed by atoms with Gasteiger partial charge in [-0.15, -0.1) is 0 Å². The number of carbonyl (C=O) groups excluding carboxylic acids is 1. The predicted octanol–water partition coefficient (Wildman–Crippen LogP) is 2.09. The van der Waals surface area contributed by atoms with E-state index in [2.05, 4.69) is 23.1 Å². The molecule has 1 aromatic rings. The maximum atomic E-state index is 12.7. The fourth-order valence-corrected chi connectivity index (χ4v) is 4.53. The van der Waals surface area contributed by atoms with Crippen LogP contribution in [0.3, 0.4) is 0 Å². The van der Waals surface area contributed by atoms with E-state index in [1.807, 2.05) is 4.90 Å². The molecule has 1 amide bonds. The minimum Gasteiger partial charge on any atom is -0.481 e. The van der Waals surface area contributed by atoms with Gasteiger partial charge in [-0.05, 0) is 62.3 Å². The lowest BCUT2D eigenvalue weighted by molar-refractivity contribution is -0.143. The summed E-state index contributed by atoms with van der Waals surface area (Å²) in [5, 5.41) is 9.23. The summed E-state index contributed by atoms with van der Waals surface area (Å²) in [7, 11) is 0. The SMILES string of the molecule is O=C(O)C1CCCN(CCc2ccc3c(c2)CCN3C(=O)C2CCCO2)C1. The number of nitrogens with zero attached hydrogens (tertiary/aromatic N) is 2. The molecular formula is C21H28N2O4. The first-order valence-corrected chi connectivity index (χ1v) is 10.1. The second-order valence-electron chi connectivity index (χ2n) is 7.93. The molecule has 2 saturated heterocycles. The molecule has 0 radical (unpaired) electrons. The predicted molar refractivity (Wildman–Crippen MR) is 102 cm³/mol. The average Bonchev–Trinajstić information content (AvgIpc) is 3.35.